The van der Waals surface area contributed by atoms with Crippen LogP contribution < -0.4 is 10.6 Å². The molecule has 0 saturated carbocycles. The Labute approximate surface area is 117 Å². The molecule has 0 spiro atoms. The van der Waals surface area contributed by atoms with Crippen LogP contribution in [0, 0.1) is 6.92 Å². The van der Waals surface area contributed by atoms with Gasteiger partial charge in [-0.3, -0.25) is 0 Å². The molecule has 0 aliphatic carbocycles. The molecule has 2 atom stereocenters. The molecule has 3 heterocycles. The zero-order valence-electron chi connectivity index (χ0n) is 11.4. The fraction of sp³-hybridized carbons (Fsp3) is 0.615. The molecule has 2 fully saturated rings. The van der Waals surface area contributed by atoms with Gasteiger partial charge in [-0.25, -0.2) is 9.97 Å². The number of aliphatic hydroxyl groups excluding tert-OH is 1. The van der Waals surface area contributed by atoms with Gasteiger partial charge in [-0.2, -0.15) is 0 Å². The van der Waals surface area contributed by atoms with E-state index in [-0.39, 0.29) is 24.0 Å². The molecule has 7 nitrogen and oxygen atoms in total. The van der Waals surface area contributed by atoms with Gasteiger partial charge in [-0.15, -0.1) is 0 Å². The maximum atomic E-state index is 9.85. The van der Waals surface area contributed by atoms with E-state index in [1.807, 2.05) is 6.92 Å². The summed E-state index contributed by atoms with van der Waals surface area (Å²) in [4.78, 5) is 11.1. The first kappa shape index (κ1) is 13.1. The molecule has 1 aromatic rings. The highest BCUT2D eigenvalue weighted by atomic mass is 16.4. The molecule has 2 bridgehead atoms. The third-order valence-electron chi connectivity index (χ3n) is 4.15. The minimum absolute atomic E-state index is 0.0128. The Kier molecular flexibility index (Phi) is 3.21. The van der Waals surface area contributed by atoms with Crippen LogP contribution in [0.1, 0.15) is 37.1 Å². The minimum atomic E-state index is -0.225. The molecular formula is C13H19N5O2. The Hall–Kier alpha value is -1.89. The number of oxime groups is 1. The molecule has 7 heteroatoms. The molecule has 3 rings (SSSR count). The molecule has 0 amide bonds. The van der Waals surface area contributed by atoms with Crippen molar-refractivity contribution in [2.45, 2.75) is 50.8 Å². The first-order valence-electron chi connectivity index (χ1n) is 6.88. The second-order valence-corrected chi connectivity index (χ2v) is 5.60. The van der Waals surface area contributed by atoms with Gasteiger partial charge in [0.2, 0.25) is 5.95 Å². The van der Waals surface area contributed by atoms with Gasteiger partial charge in [0, 0.05) is 17.8 Å². The van der Waals surface area contributed by atoms with Crippen molar-refractivity contribution in [2.75, 3.05) is 4.90 Å². The maximum absolute atomic E-state index is 9.85. The highest BCUT2D eigenvalue weighted by molar-refractivity contribution is 5.95. The van der Waals surface area contributed by atoms with Crippen molar-refractivity contribution in [1.29, 1.82) is 0 Å². The first-order valence-corrected chi connectivity index (χ1v) is 6.88. The molecular weight excluding hydrogens is 258 g/mol. The van der Waals surface area contributed by atoms with E-state index < -0.39 is 0 Å². The topological polar surface area (TPSA) is 108 Å². The minimum Gasteiger partial charge on any atom is -0.409 e. The van der Waals surface area contributed by atoms with Gasteiger partial charge in [-0.05, 0) is 38.7 Å². The molecule has 108 valence electrons. The fourth-order valence-corrected chi connectivity index (χ4v) is 3.33. The summed E-state index contributed by atoms with van der Waals surface area (Å²) < 4.78 is 0. The molecule has 2 saturated heterocycles. The number of hydrogen-bond donors (Lipinski definition) is 3. The molecule has 2 aliphatic rings. The number of amidine groups is 1. The Morgan fingerprint density at radius 1 is 1.35 bits per heavy atom. The lowest BCUT2D eigenvalue weighted by Gasteiger charge is -2.37. The summed E-state index contributed by atoms with van der Waals surface area (Å²) in [5.41, 5.74) is 6.83. The van der Waals surface area contributed by atoms with E-state index in [1.54, 1.807) is 6.07 Å². The zero-order chi connectivity index (χ0) is 14.3. The van der Waals surface area contributed by atoms with Crippen LogP contribution in [0.2, 0.25) is 0 Å². The van der Waals surface area contributed by atoms with Crippen molar-refractivity contribution >= 4 is 11.8 Å². The van der Waals surface area contributed by atoms with Crippen molar-refractivity contribution in [3.05, 3.63) is 17.5 Å². The van der Waals surface area contributed by atoms with Gasteiger partial charge in [0.15, 0.2) is 5.84 Å². The Morgan fingerprint density at radius 3 is 2.60 bits per heavy atom. The van der Waals surface area contributed by atoms with Crippen molar-refractivity contribution in [3.8, 4) is 0 Å². The number of rotatable bonds is 2. The van der Waals surface area contributed by atoms with Crippen LogP contribution in [-0.4, -0.2) is 44.3 Å². The van der Waals surface area contributed by atoms with E-state index in [0.29, 0.717) is 11.6 Å². The maximum Gasteiger partial charge on any atom is 0.226 e. The van der Waals surface area contributed by atoms with E-state index in [2.05, 4.69) is 20.0 Å². The van der Waals surface area contributed by atoms with Crippen molar-refractivity contribution in [2.24, 2.45) is 10.9 Å². The van der Waals surface area contributed by atoms with Gasteiger partial charge < -0.3 is 20.9 Å². The van der Waals surface area contributed by atoms with Crippen LogP contribution in [-0.2, 0) is 0 Å². The second kappa shape index (κ2) is 4.90. The number of piperidine rings is 1. The van der Waals surface area contributed by atoms with Crippen molar-refractivity contribution in [3.63, 3.8) is 0 Å². The molecule has 20 heavy (non-hydrogen) atoms. The number of nitrogens with zero attached hydrogens (tertiary/aromatic N) is 4. The van der Waals surface area contributed by atoms with Gasteiger partial charge >= 0.3 is 0 Å². The van der Waals surface area contributed by atoms with Crippen LogP contribution in [0.25, 0.3) is 0 Å². The number of anilines is 1. The third-order valence-corrected chi connectivity index (χ3v) is 4.15. The standard InChI is InChI=1S/C13H19N5O2/c1-7-4-11(12(14)17-20)16-13(15-7)18-8-2-3-9(18)6-10(19)5-8/h4,8-10,19-20H,2-3,5-6H2,1H3,(H2,14,17). The van der Waals surface area contributed by atoms with Gasteiger partial charge in [-0.1, -0.05) is 5.16 Å². The van der Waals surface area contributed by atoms with Crippen molar-refractivity contribution in [1.82, 2.24) is 9.97 Å². The van der Waals surface area contributed by atoms with E-state index in [0.717, 1.165) is 31.4 Å². The molecule has 4 N–H and O–H groups in total. The first-order chi connectivity index (χ1) is 9.58. The third kappa shape index (κ3) is 2.18. The van der Waals surface area contributed by atoms with Crippen molar-refractivity contribution < 1.29 is 10.3 Å². The average Bonchev–Trinajstić information content (AvgIpc) is 2.69. The van der Waals surface area contributed by atoms with Crippen LogP contribution >= 0.6 is 0 Å². The lowest BCUT2D eigenvalue weighted by atomic mass is 10.0. The largest absolute Gasteiger partial charge is 0.409 e. The number of nitrogens with two attached hydrogens (primary N) is 1. The summed E-state index contributed by atoms with van der Waals surface area (Å²) in [5.74, 6) is 0.604. The highest BCUT2D eigenvalue weighted by Gasteiger charge is 2.41. The number of aryl methyl sites for hydroxylation is 1. The molecule has 2 aliphatic heterocycles. The van der Waals surface area contributed by atoms with Gasteiger partial charge in [0.25, 0.3) is 0 Å². The normalized spacial score (nSPS) is 29.8. The van der Waals surface area contributed by atoms with E-state index >= 15 is 0 Å². The predicted octanol–water partition coefficient (Wildman–Crippen LogP) is 0.372. The number of fused-ring (bicyclic) bond motifs is 2. The summed E-state index contributed by atoms with van der Waals surface area (Å²) in [6.07, 6.45) is 3.40. The summed E-state index contributed by atoms with van der Waals surface area (Å²) >= 11 is 0. The SMILES string of the molecule is Cc1cc(/C(N)=N/O)nc(N2C3CCC2CC(O)C3)n1. The molecule has 1 aromatic heterocycles. The predicted molar refractivity (Wildman–Crippen MR) is 73.8 cm³/mol. The van der Waals surface area contributed by atoms with E-state index in [9.17, 15) is 5.11 Å². The van der Waals surface area contributed by atoms with Crippen LogP contribution in [0.4, 0.5) is 5.95 Å². The number of aliphatic hydroxyl groups is 1. The lowest BCUT2D eigenvalue weighted by molar-refractivity contribution is 0.125. The van der Waals surface area contributed by atoms with Gasteiger partial charge in [0.05, 0.1) is 6.10 Å². The number of hydrogen-bond acceptors (Lipinski definition) is 6. The van der Waals surface area contributed by atoms with E-state index in [1.165, 1.54) is 0 Å². The Balaban J connectivity index is 1.97. The quantitative estimate of drug-likeness (QED) is 0.312. The number of aromatic nitrogens is 2. The highest BCUT2D eigenvalue weighted by Crippen LogP contribution is 2.37. The average molecular weight is 277 g/mol. The van der Waals surface area contributed by atoms with Crippen LogP contribution in [0.3, 0.4) is 0 Å². The molecule has 0 aromatic carbocycles. The monoisotopic (exact) mass is 277 g/mol. The zero-order valence-corrected chi connectivity index (χ0v) is 11.4. The van der Waals surface area contributed by atoms with Gasteiger partial charge in [0.1, 0.15) is 5.69 Å². The smallest absolute Gasteiger partial charge is 0.226 e. The molecule has 0 radical (unpaired) electrons. The summed E-state index contributed by atoms with van der Waals surface area (Å²) in [6.45, 7) is 1.86. The van der Waals surface area contributed by atoms with Crippen LogP contribution in [0.15, 0.2) is 11.2 Å². The summed E-state index contributed by atoms with van der Waals surface area (Å²) in [7, 11) is 0. The Morgan fingerprint density at radius 2 is 2.00 bits per heavy atom. The van der Waals surface area contributed by atoms with E-state index in [4.69, 9.17) is 10.9 Å². The molecule has 2 unspecified atom stereocenters. The summed E-state index contributed by atoms with van der Waals surface area (Å²) in [6, 6.07) is 2.26. The summed E-state index contributed by atoms with van der Waals surface area (Å²) in [5, 5.41) is 21.6. The second-order valence-electron chi connectivity index (χ2n) is 5.60. The lowest BCUT2D eigenvalue weighted by Crippen LogP contribution is -2.45. The van der Waals surface area contributed by atoms with Crippen LogP contribution in [0.5, 0.6) is 0 Å². The Bertz CT molecular complexity index is 534. The fourth-order valence-electron chi connectivity index (χ4n) is 3.33.